The molecular formula is C14H10BrF3. The molecule has 2 rings (SSSR count). The van der Waals surface area contributed by atoms with Crippen LogP contribution in [0.3, 0.4) is 0 Å². The SMILES string of the molecule is Cc1c(Br)cccc1-c1ccc(C(F)(F)F)cc1. The maximum atomic E-state index is 12.5. The molecule has 0 N–H and O–H groups in total. The summed E-state index contributed by atoms with van der Waals surface area (Å²) >= 11 is 3.41. The van der Waals surface area contributed by atoms with Gasteiger partial charge in [-0.1, -0.05) is 40.2 Å². The predicted octanol–water partition coefficient (Wildman–Crippen LogP) is 5.44. The molecule has 0 heterocycles. The van der Waals surface area contributed by atoms with Gasteiger partial charge in [-0.05, 0) is 41.8 Å². The van der Waals surface area contributed by atoms with Gasteiger partial charge in [0.2, 0.25) is 0 Å². The van der Waals surface area contributed by atoms with Crippen molar-refractivity contribution >= 4 is 15.9 Å². The highest BCUT2D eigenvalue weighted by Gasteiger charge is 2.29. The predicted molar refractivity (Wildman–Crippen MR) is 69.3 cm³/mol. The maximum Gasteiger partial charge on any atom is 0.416 e. The standard InChI is InChI=1S/C14H10BrF3/c1-9-12(3-2-4-13(9)15)10-5-7-11(8-6-10)14(16,17)18/h2-8H,1H3. The summed E-state index contributed by atoms with van der Waals surface area (Å²) in [5.41, 5.74) is 2.09. The van der Waals surface area contributed by atoms with Crippen LogP contribution in [0.25, 0.3) is 11.1 Å². The van der Waals surface area contributed by atoms with Gasteiger partial charge in [-0.15, -0.1) is 0 Å². The third-order valence-electron chi connectivity index (χ3n) is 2.79. The summed E-state index contributed by atoms with van der Waals surface area (Å²) in [6.45, 7) is 1.93. The molecule has 0 radical (unpaired) electrons. The Hall–Kier alpha value is -1.29. The van der Waals surface area contributed by atoms with E-state index in [0.29, 0.717) is 0 Å². The smallest absolute Gasteiger partial charge is 0.166 e. The van der Waals surface area contributed by atoms with Crippen molar-refractivity contribution in [1.82, 2.24) is 0 Å². The molecule has 0 aliphatic heterocycles. The van der Waals surface area contributed by atoms with Crippen molar-refractivity contribution in [3.63, 3.8) is 0 Å². The highest BCUT2D eigenvalue weighted by Crippen LogP contribution is 2.33. The lowest BCUT2D eigenvalue weighted by Crippen LogP contribution is -2.04. The Bertz CT molecular complexity index is 556. The number of halogens is 4. The van der Waals surface area contributed by atoms with Gasteiger partial charge in [0.25, 0.3) is 0 Å². The monoisotopic (exact) mass is 314 g/mol. The topological polar surface area (TPSA) is 0 Å². The molecule has 0 bridgehead atoms. The first kappa shape index (κ1) is 13.1. The van der Waals surface area contributed by atoms with E-state index in [1.165, 1.54) is 12.1 Å². The van der Waals surface area contributed by atoms with Crippen molar-refractivity contribution in [2.75, 3.05) is 0 Å². The van der Waals surface area contributed by atoms with Crippen LogP contribution in [0.2, 0.25) is 0 Å². The van der Waals surface area contributed by atoms with Crippen LogP contribution in [0.1, 0.15) is 11.1 Å². The molecule has 0 fully saturated rings. The minimum Gasteiger partial charge on any atom is -0.166 e. The Balaban J connectivity index is 2.44. The van der Waals surface area contributed by atoms with Gasteiger partial charge in [-0.3, -0.25) is 0 Å². The van der Waals surface area contributed by atoms with E-state index in [-0.39, 0.29) is 0 Å². The normalized spacial score (nSPS) is 11.6. The molecule has 2 aromatic rings. The van der Waals surface area contributed by atoms with Gasteiger partial charge in [0.1, 0.15) is 0 Å². The van der Waals surface area contributed by atoms with E-state index in [0.717, 1.165) is 33.3 Å². The first-order valence-corrected chi connectivity index (χ1v) is 6.11. The van der Waals surface area contributed by atoms with Crippen LogP contribution >= 0.6 is 15.9 Å². The summed E-state index contributed by atoms with van der Waals surface area (Å²) in [4.78, 5) is 0. The minimum atomic E-state index is -4.29. The van der Waals surface area contributed by atoms with Gasteiger partial charge in [0.15, 0.2) is 0 Å². The summed E-state index contributed by atoms with van der Waals surface area (Å²) in [6.07, 6.45) is -4.29. The van der Waals surface area contributed by atoms with Gasteiger partial charge < -0.3 is 0 Å². The van der Waals surface area contributed by atoms with Gasteiger partial charge >= 0.3 is 6.18 Å². The van der Waals surface area contributed by atoms with Gasteiger partial charge in [-0.2, -0.15) is 13.2 Å². The van der Waals surface area contributed by atoms with Gasteiger partial charge in [-0.25, -0.2) is 0 Å². The number of hydrogen-bond acceptors (Lipinski definition) is 0. The van der Waals surface area contributed by atoms with Crippen LogP contribution in [0, 0.1) is 6.92 Å². The van der Waals surface area contributed by atoms with Crippen molar-refractivity contribution < 1.29 is 13.2 Å². The number of hydrogen-bond donors (Lipinski definition) is 0. The molecule has 0 aliphatic carbocycles. The van der Waals surface area contributed by atoms with Crippen LogP contribution in [0.4, 0.5) is 13.2 Å². The van der Waals surface area contributed by atoms with Crippen molar-refractivity contribution in [3.05, 3.63) is 58.1 Å². The van der Waals surface area contributed by atoms with Crippen molar-refractivity contribution in [3.8, 4) is 11.1 Å². The van der Waals surface area contributed by atoms with Crippen LogP contribution < -0.4 is 0 Å². The molecule has 4 heteroatoms. The van der Waals surface area contributed by atoms with Crippen LogP contribution in [-0.4, -0.2) is 0 Å². The second-order valence-electron chi connectivity index (χ2n) is 3.99. The zero-order chi connectivity index (χ0) is 13.3. The fraction of sp³-hybridized carbons (Fsp3) is 0.143. The molecule has 0 spiro atoms. The highest BCUT2D eigenvalue weighted by molar-refractivity contribution is 9.10. The number of benzene rings is 2. The van der Waals surface area contributed by atoms with E-state index < -0.39 is 11.7 Å². The molecule has 0 saturated heterocycles. The average Bonchev–Trinajstić information content (AvgIpc) is 2.32. The van der Waals surface area contributed by atoms with Crippen LogP contribution in [0.5, 0.6) is 0 Å². The molecule has 0 aliphatic rings. The second kappa shape index (κ2) is 4.76. The minimum absolute atomic E-state index is 0.626. The lowest BCUT2D eigenvalue weighted by atomic mass is 9.99. The first-order valence-electron chi connectivity index (χ1n) is 5.32. The van der Waals surface area contributed by atoms with Crippen LogP contribution in [0.15, 0.2) is 46.9 Å². The Kier molecular flexibility index (Phi) is 3.48. The summed E-state index contributed by atoms with van der Waals surface area (Å²) in [6, 6.07) is 10.9. The maximum absolute atomic E-state index is 12.5. The van der Waals surface area contributed by atoms with Crippen molar-refractivity contribution in [2.24, 2.45) is 0 Å². The third-order valence-corrected chi connectivity index (χ3v) is 3.65. The molecule has 0 unspecified atom stereocenters. The Labute approximate surface area is 112 Å². The van der Waals surface area contributed by atoms with Crippen molar-refractivity contribution in [1.29, 1.82) is 0 Å². The van der Waals surface area contributed by atoms with E-state index in [1.54, 1.807) is 0 Å². The first-order chi connectivity index (χ1) is 8.39. The largest absolute Gasteiger partial charge is 0.416 e. The molecule has 0 amide bonds. The molecular weight excluding hydrogens is 305 g/mol. The van der Waals surface area contributed by atoms with Gasteiger partial charge in [0.05, 0.1) is 5.56 Å². The molecule has 0 nitrogen and oxygen atoms in total. The van der Waals surface area contributed by atoms with Gasteiger partial charge in [0, 0.05) is 4.47 Å². The Morgan fingerprint density at radius 2 is 1.56 bits per heavy atom. The third kappa shape index (κ3) is 2.58. The summed E-state index contributed by atoms with van der Waals surface area (Å²) in [5, 5.41) is 0. The Morgan fingerprint density at radius 3 is 2.11 bits per heavy atom. The fourth-order valence-electron chi connectivity index (χ4n) is 1.76. The van der Waals surface area contributed by atoms with Crippen molar-refractivity contribution in [2.45, 2.75) is 13.1 Å². The molecule has 0 saturated carbocycles. The summed E-state index contributed by atoms with van der Waals surface area (Å²) in [5.74, 6) is 0. The molecule has 0 aromatic heterocycles. The molecule has 2 aromatic carbocycles. The van der Waals surface area contributed by atoms with Crippen LogP contribution in [-0.2, 0) is 6.18 Å². The molecule has 18 heavy (non-hydrogen) atoms. The number of rotatable bonds is 1. The van der Waals surface area contributed by atoms with E-state index in [1.807, 2.05) is 25.1 Å². The zero-order valence-corrected chi connectivity index (χ0v) is 11.1. The lowest BCUT2D eigenvalue weighted by Gasteiger charge is -2.10. The molecule has 94 valence electrons. The highest BCUT2D eigenvalue weighted by atomic mass is 79.9. The second-order valence-corrected chi connectivity index (χ2v) is 4.84. The van der Waals surface area contributed by atoms with E-state index in [2.05, 4.69) is 15.9 Å². The Morgan fingerprint density at radius 1 is 0.944 bits per heavy atom. The molecule has 0 atom stereocenters. The number of alkyl halides is 3. The zero-order valence-electron chi connectivity index (χ0n) is 9.55. The summed E-state index contributed by atoms with van der Waals surface area (Å²) in [7, 11) is 0. The quantitative estimate of drug-likeness (QED) is 0.657. The lowest BCUT2D eigenvalue weighted by molar-refractivity contribution is -0.137. The average molecular weight is 315 g/mol. The van der Waals surface area contributed by atoms with E-state index in [9.17, 15) is 13.2 Å². The van der Waals surface area contributed by atoms with E-state index >= 15 is 0 Å². The fourth-order valence-corrected chi connectivity index (χ4v) is 2.13. The van der Waals surface area contributed by atoms with E-state index in [4.69, 9.17) is 0 Å². The summed E-state index contributed by atoms with van der Waals surface area (Å²) < 4.78 is 38.3.